The van der Waals surface area contributed by atoms with Gasteiger partial charge in [-0.2, -0.15) is 0 Å². The second-order valence-electron chi connectivity index (χ2n) is 4.65. The summed E-state index contributed by atoms with van der Waals surface area (Å²) in [6, 6.07) is 0. The number of carbonyl (C=O) groups excluding carboxylic acids is 1. The van der Waals surface area contributed by atoms with Crippen molar-refractivity contribution in [2.75, 3.05) is 6.61 Å². The summed E-state index contributed by atoms with van der Waals surface area (Å²) in [5.74, 6) is -0.199. The van der Waals surface area contributed by atoms with Crippen molar-refractivity contribution in [3.8, 4) is 0 Å². The summed E-state index contributed by atoms with van der Waals surface area (Å²) in [5, 5.41) is 10.1. The quantitative estimate of drug-likeness (QED) is 0.693. The molecule has 0 aromatic carbocycles. The summed E-state index contributed by atoms with van der Waals surface area (Å²) in [4.78, 5) is 11.6. The number of hydrogen-bond donors (Lipinski definition) is 1. The third-order valence-electron chi connectivity index (χ3n) is 2.82. The molecule has 0 saturated heterocycles. The lowest BCUT2D eigenvalue weighted by Gasteiger charge is -2.32. The molecule has 0 rings (SSSR count). The molecule has 15 heavy (non-hydrogen) atoms. The van der Waals surface area contributed by atoms with E-state index >= 15 is 0 Å². The average molecular weight is 216 g/mol. The highest BCUT2D eigenvalue weighted by Crippen LogP contribution is 2.29. The van der Waals surface area contributed by atoms with Gasteiger partial charge in [-0.05, 0) is 33.1 Å². The van der Waals surface area contributed by atoms with Crippen LogP contribution in [0, 0.1) is 11.3 Å². The standard InChI is InChI=1S/C12H24O3/c1-6-8-9(3)10(13)12(4,5)11(14)15-7-2/h9-10,13H,6-8H2,1-5H3. The van der Waals surface area contributed by atoms with Crippen LogP contribution in [0.1, 0.15) is 47.5 Å². The molecule has 0 heterocycles. The zero-order valence-corrected chi connectivity index (χ0v) is 10.5. The van der Waals surface area contributed by atoms with Gasteiger partial charge in [-0.1, -0.05) is 20.3 Å². The first-order valence-electron chi connectivity index (χ1n) is 5.73. The molecule has 0 amide bonds. The van der Waals surface area contributed by atoms with Gasteiger partial charge < -0.3 is 9.84 Å². The Morgan fingerprint density at radius 2 is 1.93 bits per heavy atom. The Kier molecular flexibility index (Phi) is 5.88. The highest BCUT2D eigenvalue weighted by Gasteiger charge is 2.39. The Bertz CT molecular complexity index is 199. The first-order chi connectivity index (χ1) is 6.87. The Morgan fingerprint density at radius 3 is 2.33 bits per heavy atom. The predicted molar refractivity (Wildman–Crippen MR) is 60.5 cm³/mol. The van der Waals surface area contributed by atoms with Gasteiger partial charge in [0.05, 0.1) is 18.1 Å². The Labute approximate surface area is 92.8 Å². The third kappa shape index (κ3) is 3.82. The molecule has 2 unspecified atom stereocenters. The van der Waals surface area contributed by atoms with Crippen molar-refractivity contribution in [1.82, 2.24) is 0 Å². The second-order valence-corrected chi connectivity index (χ2v) is 4.65. The maximum atomic E-state index is 11.6. The molecule has 0 radical (unpaired) electrons. The molecule has 2 atom stereocenters. The van der Waals surface area contributed by atoms with Crippen LogP contribution in [0.2, 0.25) is 0 Å². The summed E-state index contributed by atoms with van der Waals surface area (Å²) in [7, 11) is 0. The highest BCUT2D eigenvalue weighted by atomic mass is 16.5. The Balaban J connectivity index is 4.48. The lowest BCUT2D eigenvalue weighted by Crippen LogP contribution is -2.42. The van der Waals surface area contributed by atoms with Crippen molar-refractivity contribution >= 4 is 5.97 Å². The molecule has 90 valence electrons. The first-order valence-corrected chi connectivity index (χ1v) is 5.73. The normalized spacial score (nSPS) is 15.9. The second kappa shape index (κ2) is 6.11. The van der Waals surface area contributed by atoms with E-state index < -0.39 is 11.5 Å². The van der Waals surface area contributed by atoms with Crippen LogP contribution in [-0.4, -0.2) is 23.8 Å². The van der Waals surface area contributed by atoms with E-state index in [9.17, 15) is 9.90 Å². The smallest absolute Gasteiger partial charge is 0.314 e. The van der Waals surface area contributed by atoms with E-state index in [1.165, 1.54) is 0 Å². The fourth-order valence-corrected chi connectivity index (χ4v) is 1.76. The molecule has 1 N–H and O–H groups in total. The molecular formula is C12H24O3. The van der Waals surface area contributed by atoms with Gasteiger partial charge in [-0.15, -0.1) is 0 Å². The summed E-state index contributed by atoms with van der Waals surface area (Å²) in [5.41, 5.74) is -0.815. The topological polar surface area (TPSA) is 46.5 Å². The number of rotatable bonds is 6. The number of carbonyl (C=O) groups is 1. The van der Waals surface area contributed by atoms with Crippen LogP contribution in [0.25, 0.3) is 0 Å². The van der Waals surface area contributed by atoms with Crippen LogP contribution < -0.4 is 0 Å². The third-order valence-corrected chi connectivity index (χ3v) is 2.82. The fourth-order valence-electron chi connectivity index (χ4n) is 1.76. The largest absolute Gasteiger partial charge is 0.466 e. The lowest BCUT2D eigenvalue weighted by atomic mass is 9.79. The zero-order chi connectivity index (χ0) is 12.1. The fraction of sp³-hybridized carbons (Fsp3) is 0.917. The molecule has 0 aromatic heterocycles. The SMILES string of the molecule is CCCC(C)C(O)C(C)(C)C(=O)OCC. The highest BCUT2D eigenvalue weighted by molar-refractivity contribution is 5.76. The number of esters is 1. The summed E-state index contributed by atoms with van der Waals surface area (Å²) in [6.07, 6.45) is 1.29. The molecule has 0 bridgehead atoms. The molecule has 0 fully saturated rings. The first kappa shape index (κ1) is 14.4. The zero-order valence-electron chi connectivity index (χ0n) is 10.5. The van der Waals surface area contributed by atoms with E-state index in [1.54, 1.807) is 20.8 Å². The van der Waals surface area contributed by atoms with E-state index in [0.717, 1.165) is 12.8 Å². The predicted octanol–water partition coefficient (Wildman–Crippen LogP) is 2.37. The number of hydrogen-bond acceptors (Lipinski definition) is 3. The number of ether oxygens (including phenoxy) is 1. The molecule has 0 aliphatic carbocycles. The molecule has 3 heteroatoms. The van der Waals surface area contributed by atoms with Crippen molar-refractivity contribution in [2.24, 2.45) is 11.3 Å². The van der Waals surface area contributed by atoms with Crippen LogP contribution in [0.5, 0.6) is 0 Å². The monoisotopic (exact) mass is 216 g/mol. The van der Waals surface area contributed by atoms with Gasteiger partial charge in [-0.3, -0.25) is 4.79 Å². The van der Waals surface area contributed by atoms with E-state index in [1.807, 2.05) is 6.92 Å². The van der Waals surface area contributed by atoms with Crippen molar-refractivity contribution in [3.05, 3.63) is 0 Å². The minimum absolute atomic E-state index is 0.120. The van der Waals surface area contributed by atoms with E-state index in [2.05, 4.69) is 6.92 Å². The van der Waals surface area contributed by atoms with Gasteiger partial charge in [0, 0.05) is 0 Å². The average Bonchev–Trinajstić information content (AvgIpc) is 2.17. The van der Waals surface area contributed by atoms with Gasteiger partial charge >= 0.3 is 5.97 Å². The Hall–Kier alpha value is -0.570. The van der Waals surface area contributed by atoms with Gasteiger partial charge in [0.25, 0.3) is 0 Å². The van der Waals surface area contributed by atoms with E-state index in [0.29, 0.717) is 6.61 Å². The van der Waals surface area contributed by atoms with Crippen molar-refractivity contribution in [3.63, 3.8) is 0 Å². The summed E-state index contributed by atoms with van der Waals surface area (Å²) < 4.78 is 4.96. The van der Waals surface area contributed by atoms with Crippen LogP contribution in [0.15, 0.2) is 0 Å². The summed E-state index contributed by atoms with van der Waals surface area (Å²) in [6.45, 7) is 9.65. The molecule has 0 spiro atoms. The van der Waals surface area contributed by atoms with Gasteiger partial charge in [0.1, 0.15) is 0 Å². The van der Waals surface area contributed by atoms with Crippen molar-refractivity contribution < 1.29 is 14.6 Å². The van der Waals surface area contributed by atoms with Crippen molar-refractivity contribution in [2.45, 2.75) is 53.6 Å². The van der Waals surface area contributed by atoms with Crippen molar-refractivity contribution in [1.29, 1.82) is 0 Å². The lowest BCUT2D eigenvalue weighted by molar-refractivity contribution is -0.162. The maximum Gasteiger partial charge on any atom is 0.314 e. The van der Waals surface area contributed by atoms with E-state index in [4.69, 9.17) is 4.74 Å². The molecule has 3 nitrogen and oxygen atoms in total. The van der Waals surface area contributed by atoms with Crippen LogP contribution in [0.4, 0.5) is 0 Å². The van der Waals surface area contributed by atoms with Crippen LogP contribution in [-0.2, 0) is 9.53 Å². The van der Waals surface area contributed by atoms with E-state index in [-0.39, 0.29) is 11.9 Å². The number of aliphatic hydroxyl groups is 1. The van der Waals surface area contributed by atoms with Gasteiger partial charge in [-0.25, -0.2) is 0 Å². The molecule has 0 aliphatic heterocycles. The van der Waals surface area contributed by atoms with Crippen LogP contribution >= 0.6 is 0 Å². The Morgan fingerprint density at radius 1 is 1.40 bits per heavy atom. The number of aliphatic hydroxyl groups excluding tert-OH is 1. The minimum Gasteiger partial charge on any atom is -0.466 e. The van der Waals surface area contributed by atoms with Gasteiger partial charge in [0.15, 0.2) is 0 Å². The molecule has 0 aromatic rings. The maximum absolute atomic E-state index is 11.6. The molecular weight excluding hydrogens is 192 g/mol. The molecule has 0 aliphatic rings. The van der Waals surface area contributed by atoms with Crippen LogP contribution in [0.3, 0.4) is 0 Å². The van der Waals surface area contributed by atoms with Gasteiger partial charge in [0.2, 0.25) is 0 Å². The summed E-state index contributed by atoms with van der Waals surface area (Å²) >= 11 is 0. The molecule has 0 saturated carbocycles. The minimum atomic E-state index is -0.815.